The summed E-state index contributed by atoms with van der Waals surface area (Å²) in [6.45, 7) is 11.2. The molecule has 1 aromatic carbocycles. The third-order valence-electron chi connectivity index (χ3n) is 3.82. The van der Waals surface area contributed by atoms with E-state index in [0.717, 1.165) is 29.8 Å². The third-order valence-corrected chi connectivity index (χ3v) is 5.41. The highest BCUT2D eigenvalue weighted by Crippen LogP contribution is 2.20. The van der Waals surface area contributed by atoms with Crippen LogP contribution in [0.25, 0.3) is 0 Å². The van der Waals surface area contributed by atoms with Crippen LogP contribution in [0.4, 0.5) is 0 Å². The summed E-state index contributed by atoms with van der Waals surface area (Å²) < 4.78 is 27.6. The van der Waals surface area contributed by atoms with Gasteiger partial charge in [0, 0.05) is 19.6 Å². The van der Waals surface area contributed by atoms with Gasteiger partial charge >= 0.3 is 0 Å². The summed E-state index contributed by atoms with van der Waals surface area (Å²) in [5, 5.41) is 0. The van der Waals surface area contributed by atoms with E-state index in [2.05, 4.69) is 23.5 Å². The Morgan fingerprint density at radius 1 is 1.19 bits per heavy atom. The van der Waals surface area contributed by atoms with Crippen molar-refractivity contribution in [2.75, 3.05) is 26.2 Å². The lowest BCUT2D eigenvalue weighted by atomic mass is 10.1. The van der Waals surface area contributed by atoms with E-state index in [-0.39, 0.29) is 0 Å². The van der Waals surface area contributed by atoms with Gasteiger partial charge < -0.3 is 10.6 Å². The van der Waals surface area contributed by atoms with E-state index in [1.165, 1.54) is 0 Å². The van der Waals surface area contributed by atoms with Gasteiger partial charge in [-0.15, -0.1) is 0 Å². The number of hydrogen-bond acceptors (Lipinski definition) is 4. The maximum atomic E-state index is 12.5. The Morgan fingerprint density at radius 2 is 1.81 bits per heavy atom. The predicted octanol–water partition coefficient (Wildman–Crippen LogP) is 1.38. The van der Waals surface area contributed by atoms with Crippen LogP contribution in [0.5, 0.6) is 0 Å². The summed E-state index contributed by atoms with van der Waals surface area (Å²) >= 11 is 0. The zero-order valence-electron chi connectivity index (χ0n) is 13.4. The fraction of sp³-hybridized carbons (Fsp3) is 0.600. The number of nitrogens with two attached hydrogens (primary N) is 1. The average molecular weight is 313 g/mol. The Bertz CT molecular complexity index is 567. The van der Waals surface area contributed by atoms with Gasteiger partial charge in [-0.2, -0.15) is 0 Å². The average Bonchev–Trinajstić information content (AvgIpc) is 2.46. The number of aryl methyl sites for hydroxylation is 1. The molecule has 0 spiro atoms. The van der Waals surface area contributed by atoms with Gasteiger partial charge in [0.2, 0.25) is 10.0 Å². The van der Waals surface area contributed by atoms with E-state index >= 15 is 0 Å². The Balaban J connectivity index is 2.90. The van der Waals surface area contributed by atoms with Crippen molar-refractivity contribution < 1.29 is 8.42 Å². The number of hydrogen-bond donors (Lipinski definition) is 2. The van der Waals surface area contributed by atoms with E-state index in [0.29, 0.717) is 24.5 Å². The molecule has 0 atom stereocenters. The first-order valence-corrected chi connectivity index (χ1v) is 8.86. The molecule has 0 aliphatic rings. The lowest BCUT2D eigenvalue weighted by Gasteiger charge is -2.18. The first-order valence-electron chi connectivity index (χ1n) is 7.37. The standard InChI is InChI=1S/C15H27N3O2S/c1-5-18(6-2)8-7-17-21(19,20)15-10-14(11-16)9-12(3)13(15)4/h9-10,17H,5-8,11,16H2,1-4H3. The van der Waals surface area contributed by atoms with Gasteiger partial charge in [-0.25, -0.2) is 13.1 Å². The van der Waals surface area contributed by atoms with Crippen LogP contribution in [-0.2, 0) is 16.6 Å². The van der Waals surface area contributed by atoms with Crippen molar-refractivity contribution in [1.29, 1.82) is 0 Å². The van der Waals surface area contributed by atoms with Crippen molar-refractivity contribution in [3.63, 3.8) is 0 Å². The highest BCUT2D eigenvalue weighted by atomic mass is 32.2. The van der Waals surface area contributed by atoms with E-state index in [1.54, 1.807) is 6.07 Å². The minimum atomic E-state index is -3.49. The van der Waals surface area contributed by atoms with Crippen molar-refractivity contribution in [3.05, 3.63) is 28.8 Å². The number of sulfonamides is 1. The van der Waals surface area contributed by atoms with Crippen LogP contribution < -0.4 is 10.5 Å². The van der Waals surface area contributed by atoms with Gasteiger partial charge in [-0.3, -0.25) is 0 Å². The van der Waals surface area contributed by atoms with Gasteiger partial charge in [0.05, 0.1) is 4.90 Å². The summed E-state index contributed by atoms with van der Waals surface area (Å²) in [6, 6.07) is 3.60. The lowest BCUT2D eigenvalue weighted by molar-refractivity contribution is 0.309. The van der Waals surface area contributed by atoms with Crippen molar-refractivity contribution in [2.45, 2.75) is 39.1 Å². The van der Waals surface area contributed by atoms with Crippen molar-refractivity contribution >= 4 is 10.0 Å². The molecule has 0 amide bonds. The second-order valence-corrected chi connectivity index (χ2v) is 6.90. The molecular weight excluding hydrogens is 286 g/mol. The summed E-state index contributed by atoms with van der Waals surface area (Å²) in [7, 11) is -3.49. The fourth-order valence-electron chi connectivity index (χ4n) is 2.25. The molecule has 0 bridgehead atoms. The van der Waals surface area contributed by atoms with Gasteiger partial charge in [0.25, 0.3) is 0 Å². The number of nitrogens with zero attached hydrogens (tertiary/aromatic N) is 1. The zero-order chi connectivity index (χ0) is 16.0. The van der Waals surface area contributed by atoms with E-state index in [4.69, 9.17) is 5.73 Å². The zero-order valence-corrected chi connectivity index (χ0v) is 14.3. The molecule has 21 heavy (non-hydrogen) atoms. The molecule has 5 nitrogen and oxygen atoms in total. The maximum absolute atomic E-state index is 12.5. The molecule has 0 aromatic heterocycles. The Hall–Kier alpha value is -0.950. The lowest BCUT2D eigenvalue weighted by Crippen LogP contribution is -2.35. The minimum Gasteiger partial charge on any atom is -0.326 e. The first kappa shape index (κ1) is 18.1. The summed E-state index contributed by atoms with van der Waals surface area (Å²) in [5.74, 6) is 0. The van der Waals surface area contributed by atoms with E-state index < -0.39 is 10.0 Å². The molecule has 3 N–H and O–H groups in total. The highest BCUT2D eigenvalue weighted by molar-refractivity contribution is 7.89. The molecule has 0 aliphatic carbocycles. The van der Waals surface area contributed by atoms with Crippen LogP contribution in [0.1, 0.15) is 30.5 Å². The van der Waals surface area contributed by atoms with E-state index in [1.807, 2.05) is 19.9 Å². The smallest absolute Gasteiger partial charge is 0.240 e. The molecule has 0 aliphatic heterocycles. The maximum Gasteiger partial charge on any atom is 0.240 e. The summed E-state index contributed by atoms with van der Waals surface area (Å²) in [4.78, 5) is 2.51. The Kier molecular flexibility index (Phi) is 6.80. The van der Waals surface area contributed by atoms with Gasteiger partial charge in [0.15, 0.2) is 0 Å². The molecule has 0 unspecified atom stereocenters. The summed E-state index contributed by atoms with van der Waals surface area (Å²) in [6.07, 6.45) is 0. The van der Waals surface area contributed by atoms with Gasteiger partial charge in [-0.05, 0) is 49.7 Å². The van der Waals surface area contributed by atoms with Crippen molar-refractivity contribution in [2.24, 2.45) is 5.73 Å². The monoisotopic (exact) mass is 313 g/mol. The molecule has 120 valence electrons. The number of benzene rings is 1. The fourth-order valence-corrected chi connectivity index (χ4v) is 3.64. The predicted molar refractivity (Wildman–Crippen MR) is 86.8 cm³/mol. The second-order valence-electron chi connectivity index (χ2n) is 5.16. The van der Waals surface area contributed by atoms with Crippen LogP contribution in [0.15, 0.2) is 17.0 Å². The number of likely N-dealkylation sites (N-methyl/N-ethyl adjacent to an activating group) is 1. The number of nitrogens with one attached hydrogen (secondary N) is 1. The Labute approximate surface area is 128 Å². The number of rotatable bonds is 8. The molecular formula is C15H27N3O2S. The molecule has 1 rings (SSSR count). The molecule has 0 radical (unpaired) electrons. The topological polar surface area (TPSA) is 75.4 Å². The second kappa shape index (κ2) is 7.89. The van der Waals surface area contributed by atoms with Gasteiger partial charge in [0.1, 0.15) is 0 Å². The first-order chi connectivity index (χ1) is 9.85. The van der Waals surface area contributed by atoms with Crippen molar-refractivity contribution in [1.82, 2.24) is 9.62 Å². The van der Waals surface area contributed by atoms with Crippen LogP contribution in [-0.4, -0.2) is 39.5 Å². The van der Waals surface area contributed by atoms with Gasteiger partial charge in [-0.1, -0.05) is 19.9 Å². The van der Waals surface area contributed by atoms with Crippen LogP contribution >= 0.6 is 0 Å². The molecule has 0 saturated heterocycles. The minimum absolute atomic E-state index is 0.336. The largest absolute Gasteiger partial charge is 0.326 e. The molecule has 0 saturated carbocycles. The van der Waals surface area contributed by atoms with E-state index in [9.17, 15) is 8.42 Å². The SMILES string of the molecule is CCN(CC)CCNS(=O)(=O)c1cc(CN)cc(C)c1C. The molecule has 1 aromatic rings. The Morgan fingerprint density at radius 3 is 2.33 bits per heavy atom. The summed E-state index contributed by atoms with van der Waals surface area (Å²) in [5.41, 5.74) is 8.20. The molecule has 0 fully saturated rings. The quantitative estimate of drug-likeness (QED) is 0.760. The third kappa shape index (κ3) is 4.78. The van der Waals surface area contributed by atoms with Crippen molar-refractivity contribution in [3.8, 4) is 0 Å². The highest BCUT2D eigenvalue weighted by Gasteiger charge is 2.18. The molecule has 0 heterocycles. The van der Waals surface area contributed by atoms with Crippen LogP contribution in [0.2, 0.25) is 0 Å². The van der Waals surface area contributed by atoms with Crippen LogP contribution in [0.3, 0.4) is 0 Å². The molecule has 6 heteroatoms. The van der Waals surface area contributed by atoms with Crippen LogP contribution in [0, 0.1) is 13.8 Å². The normalized spacial score (nSPS) is 12.1.